The zero-order chi connectivity index (χ0) is 16.9. The van der Waals surface area contributed by atoms with Crippen molar-refractivity contribution in [3.63, 3.8) is 0 Å². The lowest BCUT2D eigenvalue weighted by Crippen LogP contribution is -2.45. The van der Waals surface area contributed by atoms with Crippen LogP contribution >= 0.6 is 11.6 Å². The fraction of sp³-hybridized carbons (Fsp3) is 0.368. The highest BCUT2D eigenvalue weighted by Crippen LogP contribution is 2.22. The second-order valence-corrected chi connectivity index (χ2v) is 6.51. The quantitative estimate of drug-likeness (QED) is 0.817. The van der Waals surface area contributed by atoms with E-state index >= 15 is 0 Å². The summed E-state index contributed by atoms with van der Waals surface area (Å²) >= 11 is 6.12. The van der Waals surface area contributed by atoms with Gasteiger partial charge in [-0.05, 0) is 29.8 Å². The number of methoxy groups -OCH3 is 1. The molecule has 0 aliphatic carbocycles. The Bertz CT molecular complexity index is 667. The van der Waals surface area contributed by atoms with Gasteiger partial charge in [0.15, 0.2) is 0 Å². The average molecular weight is 349 g/mol. The number of ether oxygens (including phenoxy) is 1. The van der Waals surface area contributed by atoms with Crippen molar-refractivity contribution in [2.75, 3.05) is 33.3 Å². The van der Waals surface area contributed by atoms with Gasteiger partial charge < -0.3 is 4.74 Å². The molecule has 0 radical (unpaired) electrons. The fourth-order valence-electron chi connectivity index (χ4n) is 3.04. The molecule has 0 unspecified atom stereocenters. The molecule has 3 rings (SSSR count). The van der Waals surface area contributed by atoms with Crippen molar-refractivity contribution in [1.82, 2.24) is 9.80 Å². The molecule has 0 N–H and O–H groups in total. The molecule has 128 valence electrons. The summed E-state index contributed by atoms with van der Waals surface area (Å²) in [5, 5.41) is 0.508. The van der Waals surface area contributed by atoms with Crippen LogP contribution in [0, 0.1) is 5.82 Å². The van der Waals surface area contributed by atoms with Crippen LogP contribution in [-0.4, -0.2) is 43.1 Å². The summed E-state index contributed by atoms with van der Waals surface area (Å²) in [7, 11) is 1.69. The van der Waals surface area contributed by atoms with Gasteiger partial charge in [-0.15, -0.1) is 0 Å². The van der Waals surface area contributed by atoms with Crippen molar-refractivity contribution in [2.24, 2.45) is 0 Å². The van der Waals surface area contributed by atoms with Crippen LogP contribution in [0.2, 0.25) is 5.02 Å². The first-order valence-corrected chi connectivity index (χ1v) is 8.54. The average Bonchev–Trinajstić information content (AvgIpc) is 2.60. The van der Waals surface area contributed by atoms with Gasteiger partial charge in [-0.1, -0.05) is 29.8 Å². The summed E-state index contributed by atoms with van der Waals surface area (Å²) in [4.78, 5) is 4.67. The minimum absolute atomic E-state index is 0.221. The molecule has 5 heteroatoms. The number of halogens is 2. The fourth-order valence-corrected chi connectivity index (χ4v) is 3.26. The van der Waals surface area contributed by atoms with Gasteiger partial charge >= 0.3 is 0 Å². The largest absolute Gasteiger partial charge is 0.497 e. The highest BCUT2D eigenvalue weighted by atomic mass is 35.5. The Morgan fingerprint density at radius 1 is 1.00 bits per heavy atom. The van der Waals surface area contributed by atoms with Crippen LogP contribution < -0.4 is 4.74 Å². The van der Waals surface area contributed by atoms with Crippen LogP contribution in [-0.2, 0) is 13.1 Å². The Kier molecular flexibility index (Phi) is 5.72. The Morgan fingerprint density at radius 2 is 1.67 bits per heavy atom. The smallest absolute Gasteiger partial charge is 0.129 e. The van der Waals surface area contributed by atoms with Gasteiger partial charge in [-0.2, -0.15) is 0 Å². The monoisotopic (exact) mass is 348 g/mol. The molecule has 0 saturated carbocycles. The van der Waals surface area contributed by atoms with Gasteiger partial charge in [-0.3, -0.25) is 9.80 Å². The number of nitrogens with zero attached hydrogens (tertiary/aromatic N) is 2. The van der Waals surface area contributed by atoms with Gasteiger partial charge in [0.1, 0.15) is 11.6 Å². The van der Waals surface area contributed by atoms with Crippen molar-refractivity contribution < 1.29 is 9.13 Å². The molecule has 1 aliphatic heterocycles. The van der Waals surface area contributed by atoms with E-state index in [9.17, 15) is 4.39 Å². The van der Waals surface area contributed by atoms with E-state index in [0.717, 1.165) is 38.5 Å². The third-order valence-corrected chi connectivity index (χ3v) is 4.80. The van der Waals surface area contributed by atoms with Gasteiger partial charge in [0.05, 0.1) is 7.11 Å². The van der Waals surface area contributed by atoms with E-state index < -0.39 is 0 Å². The zero-order valence-electron chi connectivity index (χ0n) is 13.8. The van der Waals surface area contributed by atoms with Crippen LogP contribution in [0.1, 0.15) is 11.1 Å². The summed E-state index contributed by atoms with van der Waals surface area (Å²) in [6.45, 7) is 5.22. The molecule has 2 aromatic carbocycles. The summed E-state index contributed by atoms with van der Waals surface area (Å²) < 4.78 is 19.2. The minimum Gasteiger partial charge on any atom is -0.497 e. The first-order valence-electron chi connectivity index (χ1n) is 8.16. The lowest BCUT2D eigenvalue weighted by molar-refractivity contribution is 0.121. The molecular formula is C19H22ClFN2O. The SMILES string of the molecule is COc1cccc(CN2CCN(Cc3c(F)cccc3Cl)CC2)c1. The number of hydrogen-bond donors (Lipinski definition) is 0. The number of piperazine rings is 1. The summed E-state index contributed by atoms with van der Waals surface area (Å²) in [6, 6.07) is 13.0. The molecule has 0 aromatic heterocycles. The Balaban J connectivity index is 1.54. The van der Waals surface area contributed by atoms with Crippen molar-refractivity contribution in [3.05, 3.63) is 64.4 Å². The molecule has 1 aliphatic rings. The molecule has 24 heavy (non-hydrogen) atoms. The van der Waals surface area contributed by atoms with Crippen molar-refractivity contribution in [3.8, 4) is 5.75 Å². The van der Waals surface area contributed by atoms with Crippen molar-refractivity contribution >= 4 is 11.6 Å². The molecular weight excluding hydrogens is 327 g/mol. The molecule has 1 fully saturated rings. The molecule has 0 amide bonds. The number of rotatable bonds is 5. The second kappa shape index (κ2) is 7.97. The molecule has 0 bridgehead atoms. The summed E-state index contributed by atoms with van der Waals surface area (Å²) in [6.07, 6.45) is 0. The van der Waals surface area contributed by atoms with E-state index in [0.29, 0.717) is 17.1 Å². The number of benzene rings is 2. The highest BCUT2D eigenvalue weighted by Gasteiger charge is 2.19. The second-order valence-electron chi connectivity index (χ2n) is 6.10. The van der Waals surface area contributed by atoms with Crippen LogP contribution in [0.15, 0.2) is 42.5 Å². The molecule has 0 spiro atoms. The van der Waals surface area contributed by atoms with Gasteiger partial charge in [-0.25, -0.2) is 4.39 Å². The van der Waals surface area contributed by atoms with Crippen molar-refractivity contribution in [2.45, 2.75) is 13.1 Å². The molecule has 3 nitrogen and oxygen atoms in total. The standard InChI is InChI=1S/C19H22ClFN2O/c1-24-16-5-2-4-15(12-16)13-22-8-10-23(11-9-22)14-17-18(20)6-3-7-19(17)21/h2-7,12H,8-11,13-14H2,1H3. The summed E-state index contributed by atoms with van der Waals surface area (Å²) in [5.41, 5.74) is 1.85. The molecule has 0 atom stereocenters. The van der Waals surface area contributed by atoms with E-state index in [1.807, 2.05) is 12.1 Å². The highest BCUT2D eigenvalue weighted by molar-refractivity contribution is 6.31. The lowest BCUT2D eigenvalue weighted by Gasteiger charge is -2.35. The van der Waals surface area contributed by atoms with Gasteiger partial charge in [0.2, 0.25) is 0 Å². The van der Waals surface area contributed by atoms with Crippen molar-refractivity contribution in [1.29, 1.82) is 0 Å². The predicted molar refractivity (Wildman–Crippen MR) is 95.0 cm³/mol. The third kappa shape index (κ3) is 4.26. The predicted octanol–water partition coefficient (Wildman–Crippen LogP) is 3.81. The maximum absolute atomic E-state index is 13.9. The zero-order valence-corrected chi connectivity index (χ0v) is 14.6. The van der Waals surface area contributed by atoms with Crippen LogP contribution in [0.4, 0.5) is 4.39 Å². The molecule has 1 heterocycles. The maximum Gasteiger partial charge on any atom is 0.129 e. The van der Waals surface area contributed by atoms with Crippen LogP contribution in [0.5, 0.6) is 5.75 Å². The Labute approximate surface area is 147 Å². The van der Waals surface area contributed by atoms with Crippen LogP contribution in [0.3, 0.4) is 0 Å². The first-order chi connectivity index (χ1) is 11.7. The molecule has 1 saturated heterocycles. The van der Waals surface area contributed by atoms with E-state index in [2.05, 4.69) is 21.9 Å². The maximum atomic E-state index is 13.9. The number of hydrogen-bond acceptors (Lipinski definition) is 3. The topological polar surface area (TPSA) is 15.7 Å². The van der Waals surface area contributed by atoms with E-state index in [-0.39, 0.29) is 5.82 Å². The van der Waals surface area contributed by atoms with Crippen LogP contribution in [0.25, 0.3) is 0 Å². The summed E-state index contributed by atoms with van der Waals surface area (Å²) in [5.74, 6) is 0.668. The van der Waals surface area contributed by atoms with E-state index in [4.69, 9.17) is 16.3 Å². The normalized spacial score (nSPS) is 16.3. The Morgan fingerprint density at radius 3 is 2.33 bits per heavy atom. The van der Waals surface area contributed by atoms with E-state index in [1.54, 1.807) is 19.2 Å². The Hall–Kier alpha value is -1.62. The van der Waals surface area contributed by atoms with Gasteiger partial charge in [0, 0.05) is 49.9 Å². The van der Waals surface area contributed by atoms with E-state index in [1.165, 1.54) is 11.6 Å². The molecule has 2 aromatic rings. The lowest BCUT2D eigenvalue weighted by atomic mass is 10.1. The van der Waals surface area contributed by atoms with Gasteiger partial charge in [0.25, 0.3) is 0 Å². The third-order valence-electron chi connectivity index (χ3n) is 4.45. The minimum atomic E-state index is -0.221. The first kappa shape index (κ1) is 17.2.